The van der Waals surface area contributed by atoms with Gasteiger partial charge in [-0.05, 0) is 36.8 Å². The molecule has 0 aliphatic carbocycles. The first-order chi connectivity index (χ1) is 7.70. The second-order valence-corrected chi connectivity index (χ2v) is 3.77. The summed E-state index contributed by atoms with van der Waals surface area (Å²) in [6.45, 7) is 2.61. The number of aromatic nitrogens is 1. The maximum absolute atomic E-state index is 10.8. The van der Waals surface area contributed by atoms with E-state index < -0.39 is 0 Å². The van der Waals surface area contributed by atoms with Crippen LogP contribution in [-0.2, 0) is 6.54 Å². The van der Waals surface area contributed by atoms with Crippen molar-refractivity contribution in [2.45, 2.75) is 13.5 Å². The van der Waals surface area contributed by atoms with Crippen LogP contribution >= 0.6 is 0 Å². The van der Waals surface area contributed by atoms with Gasteiger partial charge in [-0.3, -0.25) is 4.79 Å². The van der Waals surface area contributed by atoms with Crippen LogP contribution in [0.4, 0.5) is 0 Å². The zero-order valence-corrected chi connectivity index (χ0v) is 9.05. The molecule has 16 heavy (non-hydrogen) atoms. The fourth-order valence-electron chi connectivity index (χ4n) is 1.69. The van der Waals surface area contributed by atoms with Crippen molar-refractivity contribution in [3.05, 3.63) is 53.3 Å². The van der Waals surface area contributed by atoms with Crippen molar-refractivity contribution in [2.24, 2.45) is 0 Å². The Balaban J connectivity index is 2.29. The molecular formula is C13H13NO2. The second kappa shape index (κ2) is 4.23. The predicted molar refractivity (Wildman–Crippen MR) is 61.8 cm³/mol. The fourth-order valence-corrected chi connectivity index (χ4v) is 1.69. The van der Waals surface area contributed by atoms with Crippen molar-refractivity contribution >= 4 is 6.29 Å². The Morgan fingerprint density at radius 2 is 1.88 bits per heavy atom. The third kappa shape index (κ3) is 1.98. The van der Waals surface area contributed by atoms with Gasteiger partial charge in [-0.25, -0.2) is 0 Å². The Bertz CT molecular complexity index is 497. The smallest absolute Gasteiger partial charge is 0.166 e. The van der Waals surface area contributed by atoms with Crippen LogP contribution in [0.5, 0.6) is 5.75 Å². The molecule has 0 atom stereocenters. The molecule has 0 amide bonds. The van der Waals surface area contributed by atoms with Gasteiger partial charge in [0.1, 0.15) is 5.75 Å². The molecular weight excluding hydrogens is 202 g/mol. The van der Waals surface area contributed by atoms with Gasteiger partial charge in [0.25, 0.3) is 0 Å². The van der Waals surface area contributed by atoms with Gasteiger partial charge in [-0.2, -0.15) is 0 Å². The van der Waals surface area contributed by atoms with Gasteiger partial charge in [-0.15, -0.1) is 0 Å². The quantitative estimate of drug-likeness (QED) is 0.798. The van der Waals surface area contributed by atoms with Crippen LogP contribution in [0.1, 0.15) is 21.7 Å². The fraction of sp³-hybridized carbons (Fsp3) is 0.154. The van der Waals surface area contributed by atoms with Gasteiger partial charge in [0.05, 0.1) is 5.69 Å². The summed E-state index contributed by atoms with van der Waals surface area (Å²) in [6, 6.07) is 10.7. The molecule has 1 N–H and O–H groups in total. The van der Waals surface area contributed by atoms with Crippen LogP contribution in [0.2, 0.25) is 0 Å². The average molecular weight is 215 g/mol. The lowest BCUT2D eigenvalue weighted by atomic mass is 10.2. The maximum atomic E-state index is 10.8. The van der Waals surface area contributed by atoms with Crippen molar-refractivity contribution < 1.29 is 9.90 Å². The van der Waals surface area contributed by atoms with Gasteiger partial charge in [0, 0.05) is 12.2 Å². The Hall–Kier alpha value is -2.03. The number of benzene rings is 1. The summed E-state index contributed by atoms with van der Waals surface area (Å²) in [5, 5.41) is 9.18. The molecule has 0 aliphatic rings. The van der Waals surface area contributed by atoms with Crippen LogP contribution in [0.25, 0.3) is 0 Å². The minimum atomic E-state index is 0.253. The standard InChI is InChI=1S/C13H13NO2/c1-10-2-5-12(9-15)14(10)8-11-3-6-13(16)7-4-11/h2-7,9,16H,8H2,1H3. The second-order valence-electron chi connectivity index (χ2n) is 3.77. The summed E-state index contributed by atoms with van der Waals surface area (Å²) in [5.41, 5.74) is 2.78. The van der Waals surface area contributed by atoms with Gasteiger partial charge in [-0.1, -0.05) is 12.1 Å². The van der Waals surface area contributed by atoms with Crippen molar-refractivity contribution in [1.82, 2.24) is 4.57 Å². The molecule has 3 nitrogen and oxygen atoms in total. The molecule has 82 valence electrons. The van der Waals surface area contributed by atoms with E-state index in [4.69, 9.17) is 0 Å². The summed E-state index contributed by atoms with van der Waals surface area (Å²) < 4.78 is 1.94. The SMILES string of the molecule is Cc1ccc(C=O)n1Cc1ccc(O)cc1. The lowest BCUT2D eigenvalue weighted by molar-refractivity contribution is 0.111. The summed E-state index contributed by atoms with van der Waals surface area (Å²) in [5.74, 6) is 0.253. The largest absolute Gasteiger partial charge is 0.508 e. The normalized spacial score (nSPS) is 10.3. The molecule has 1 aromatic heterocycles. The highest BCUT2D eigenvalue weighted by Crippen LogP contribution is 2.14. The van der Waals surface area contributed by atoms with Gasteiger partial charge < -0.3 is 9.67 Å². The van der Waals surface area contributed by atoms with E-state index in [-0.39, 0.29) is 5.75 Å². The predicted octanol–water partition coefficient (Wildman–Crippen LogP) is 2.36. The Morgan fingerprint density at radius 1 is 1.19 bits per heavy atom. The zero-order chi connectivity index (χ0) is 11.5. The zero-order valence-electron chi connectivity index (χ0n) is 9.05. The molecule has 0 fully saturated rings. The van der Waals surface area contributed by atoms with Crippen molar-refractivity contribution in [2.75, 3.05) is 0 Å². The number of rotatable bonds is 3. The lowest BCUT2D eigenvalue weighted by Crippen LogP contribution is -2.05. The van der Waals surface area contributed by atoms with E-state index in [1.54, 1.807) is 12.1 Å². The molecule has 0 unspecified atom stereocenters. The Labute approximate surface area is 94.0 Å². The minimum absolute atomic E-state index is 0.253. The molecule has 2 rings (SSSR count). The average Bonchev–Trinajstić information content (AvgIpc) is 2.63. The Kier molecular flexibility index (Phi) is 2.77. The first-order valence-electron chi connectivity index (χ1n) is 5.10. The monoisotopic (exact) mass is 215 g/mol. The number of aromatic hydroxyl groups is 1. The first-order valence-corrected chi connectivity index (χ1v) is 5.10. The van der Waals surface area contributed by atoms with Gasteiger partial charge in [0.2, 0.25) is 0 Å². The molecule has 0 bridgehead atoms. The number of hydrogen-bond donors (Lipinski definition) is 1. The van der Waals surface area contributed by atoms with Gasteiger partial charge in [0.15, 0.2) is 6.29 Å². The topological polar surface area (TPSA) is 42.2 Å². The molecule has 0 spiro atoms. The molecule has 0 saturated carbocycles. The number of phenolic OH excluding ortho intramolecular Hbond substituents is 1. The summed E-state index contributed by atoms with van der Waals surface area (Å²) in [4.78, 5) is 10.8. The third-order valence-corrected chi connectivity index (χ3v) is 2.63. The van der Waals surface area contributed by atoms with E-state index >= 15 is 0 Å². The first kappa shape index (κ1) is 10.5. The molecule has 1 heterocycles. The highest BCUT2D eigenvalue weighted by atomic mass is 16.3. The van der Waals surface area contributed by atoms with E-state index in [9.17, 15) is 9.90 Å². The van der Waals surface area contributed by atoms with Crippen molar-refractivity contribution in [3.8, 4) is 5.75 Å². The molecule has 1 aromatic carbocycles. The minimum Gasteiger partial charge on any atom is -0.508 e. The van der Waals surface area contributed by atoms with E-state index in [0.29, 0.717) is 12.2 Å². The van der Waals surface area contributed by atoms with Crippen LogP contribution in [0.3, 0.4) is 0 Å². The van der Waals surface area contributed by atoms with Crippen molar-refractivity contribution in [3.63, 3.8) is 0 Å². The highest BCUT2D eigenvalue weighted by molar-refractivity contribution is 5.72. The molecule has 0 aliphatic heterocycles. The Morgan fingerprint density at radius 3 is 2.50 bits per heavy atom. The van der Waals surface area contributed by atoms with E-state index in [1.807, 2.05) is 35.8 Å². The van der Waals surface area contributed by atoms with Crippen LogP contribution in [-0.4, -0.2) is 16.0 Å². The number of aldehydes is 1. The maximum Gasteiger partial charge on any atom is 0.166 e. The number of carbonyl (C=O) groups excluding carboxylic acids is 1. The van der Waals surface area contributed by atoms with Crippen LogP contribution in [0.15, 0.2) is 36.4 Å². The number of nitrogens with zero attached hydrogens (tertiary/aromatic N) is 1. The van der Waals surface area contributed by atoms with Gasteiger partial charge >= 0.3 is 0 Å². The van der Waals surface area contributed by atoms with Crippen LogP contribution in [0, 0.1) is 6.92 Å². The summed E-state index contributed by atoms with van der Waals surface area (Å²) in [7, 11) is 0. The molecule has 0 radical (unpaired) electrons. The van der Waals surface area contributed by atoms with E-state index in [2.05, 4.69) is 0 Å². The highest BCUT2D eigenvalue weighted by Gasteiger charge is 2.04. The summed E-state index contributed by atoms with van der Waals surface area (Å²) >= 11 is 0. The van der Waals surface area contributed by atoms with E-state index in [1.165, 1.54) is 0 Å². The third-order valence-electron chi connectivity index (χ3n) is 2.63. The van der Waals surface area contributed by atoms with Crippen molar-refractivity contribution in [1.29, 1.82) is 0 Å². The number of hydrogen-bond acceptors (Lipinski definition) is 2. The summed E-state index contributed by atoms with van der Waals surface area (Å²) in [6.07, 6.45) is 0.855. The lowest BCUT2D eigenvalue weighted by Gasteiger charge is -2.08. The number of carbonyl (C=O) groups is 1. The van der Waals surface area contributed by atoms with Crippen LogP contribution < -0.4 is 0 Å². The number of aryl methyl sites for hydroxylation is 1. The molecule has 3 heteroatoms. The molecule has 2 aromatic rings. The molecule has 0 saturated heterocycles. The number of phenols is 1. The van der Waals surface area contributed by atoms with E-state index in [0.717, 1.165) is 17.5 Å².